The fourth-order valence-corrected chi connectivity index (χ4v) is 1.14. The lowest BCUT2D eigenvalue weighted by Crippen LogP contribution is -2.11. The molecule has 0 amide bonds. The molecule has 0 spiro atoms. The molecule has 2 nitrogen and oxygen atoms in total. The fraction of sp³-hybridized carbons (Fsp3) is 0.400. The van der Waals surface area contributed by atoms with Gasteiger partial charge in [-0.1, -0.05) is 31.2 Å². The van der Waals surface area contributed by atoms with Gasteiger partial charge in [0.15, 0.2) is 0 Å². The van der Waals surface area contributed by atoms with E-state index in [2.05, 4.69) is 36.7 Å². The van der Waals surface area contributed by atoms with Crippen molar-refractivity contribution in [2.24, 2.45) is 0 Å². The van der Waals surface area contributed by atoms with Gasteiger partial charge in [-0.3, -0.25) is 0 Å². The first kappa shape index (κ1) is 9.23. The van der Waals surface area contributed by atoms with Crippen LogP contribution in [0, 0.1) is 0 Å². The number of aryl methyl sites for hydroxylation is 1. The van der Waals surface area contributed by atoms with Crippen molar-refractivity contribution in [1.29, 1.82) is 0 Å². The molecular formula is C10H15NO. The quantitative estimate of drug-likeness (QED) is 0.666. The molecule has 0 aliphatic carbocycles. The van der Waals surface area contributed by atoms with Gasteiger partial charge < -0.3 is 5.21 Å². The van der Waals surface area contributed by atoms with Crippen LogP contribution in [-0.4, -0.2) is 11.8 Å². The Morgan fingerprint density at radius 1 is 1.17 bits per heavy atom. The number of hydrogen-bond acceptors (Lipinski definition) is 2. The second-order valence-electron chi connectivity index (χ2n) is 2.83. The summed E-state index contributed by atoms with van der Waals surface area (Å²) in [4.78, 5) is 0. The van der Waals surface area contributed by atoms with Crippen molar-refractivity contribution in [1.82, 2.24) is 5.48 Å². The smallest absolute Gasteiger partial charge is 0.0247 e. The van der Waals surface area contributed by atoms with E-state index in [0.717, 1.165) is 12.8 Å². The molecule has 0 aromatic heterocycles. The molecule has 0 unspecified atom stereocenters. The highest BCUT2D eigenvalue weighted by Crippen LogP contribution is 2.04. The summed E-state index contributed by atoms with van der Waals surface area (Å²) in [7, 11) is 0. The van der Waals surface area contributed by atoms with Gasteiger partial charge in [-0.2, -0.15) is 0 Å². The molecule has 0 atom stereocenters. The minimum Gasteiger partial charge on any atom is -0.317 e. The Morgan fingerprint density at radius 3 is 2.25 bits per heavy atom. The normalized spacial score (nSPS) is 10.2. The third-order valence-electron chi connectivity index (χ3n) is 1.96. The summed E-state index contributed by atoms with van der Waals surface area (Å²) in [6, 6.07) is 8.48. The Balaban J connectivity index is 2.53. The van der Waals surface area contributed by atoms with Crippen molar-refractivity contribution in [2.75, 3.05) is 6.54 Å². The molecule has 2 heteroatoms. The molecule has 66 valence electrons. The third-order valence-corrected chi connectivity index (χ3v) is 1.96. The van der Waals surface area contributed by atoms with E-state index in [1.54, 1.807) is 0 Å². The molecule has 0 saturated carbocycles. The van der Waals surface area contributed by atoms with E-state index in [1.165, 1.54) is 11.1 Å². The molecule has 1 aromatic rings. The Morgan fingerprint density at radius 2 is 1.75 bits per heavy atom. The van der Waals surface area contributed by atoms with Crippen molar-refractivity contribution in [3.05, 3.63) is 35.4 Å². The lowest BCUT2D eigenvalue weighted by atomic mass is 10.1. The van der Waals surface area contributed by atoms with E-state index in [1.807, 2.05) is 0 Å². The first-order chi connectivity index (χ1) is 5.86. The van der Waals surface area contributed by atoms with Crippen molar-refractivity contribution >= 4 is 0 Å². The van der Waals surface area contributed by atoms with Crippen LogP contribution in [0.4, 0.5) is 0 Å². The fourth-order valence-electron chi connectivity index (χ4n) is 1.14. The summed E-state index contributed by atoms with van der Waals surface area (Å²) in [5, 5.41) is 8.38. The number of rotatable bonds is 4. The predicted molar refractivity (Wildman–Crippen MR) is 49.3 cm³/mol. The van der Waals surface area contributed by atoms with Crippen LogP contribution in [0.2, 0.25) is 0 Å². The summed E-state index contributed by atoms with van der Waals surface area (Å²) in [5.41, 5.74) is 4.76. The van der Waals surface area contributed by atoms with Crippen LogP contribution in [0.1, 0.15) is 18.1 Å². The zero-order chi connectivity index (χ0) is 8.81. The number of nitrogens with one attached hydrogen (secondary N) is 1. The van der Waals surface area contributed by atoms with Gasteiger partial charge in [0.05, 0.1) is 0 Å². The lowest BCUT2D eigenvalue weighted by molar-refractivity contribution is 0.168. The van der Waals surface area contributed by atoms with E-state index < -0.39 is 0 Å². The van der Waals surface area contributed by atoms with E-state index in [0.29, 0.717) is 6.54 Å². The molecule has 1 aromatic carbocycles. The second kappa shape index (κ2) is 4.91. The first-order valence-corrected chi connectivity index (χ1v) is 4.31. The predicted octanol–water partition coefficient (Wildman–Crippen LogP) is 1.77. The SMILES string of the molecule is CCc1ccc(CCNO)cc1. The van der Waals surface area contributed by atoms with E-state index in [9.17, 15) is 0 Å². The molecule has 0 radical (unpaired) electrons. The van der Waals surface area contributed by atoms with Crippen molar-refractivity contribution < 1.29 is 5.21 Å². The maximum atomic E-state index is 8.38. The average molecular weight is 165 g/mol. The van der Waals surface area contributed by atoms with Crippen LogP contribution < -0.4 is 5.48 Å². The van der Waals surface area contributed by atoms with Gasteiger partial charge >= 0.3 is 0 Å². The maximum absolute atomic E-state index is 8.38. The van der Waals surface area contributed by atoms with E-state index >= 15 is 0 Å². The standard InChI is InChI=1S/C10H15NO/c1-2-9-3-5-10(6-4-9)7-8-11-12/h3-6,11-12H,2,7-8H2,1H3. The van der Waals surface area contributed by atoms with Crippen LogP contribution in [0.5, 0.6) is 0 Å². The lowest BCUT2D eigenvalue weighted by Gasteiger charge is -2.01. The number of hydroxylamine groups is 1. The Labute approximate surface area is 73.2 Å². The zero-order valence-corrected chi connectivity index (χ0v) is 7.38. The zero-order valence-electron chi connectivity index (χ0n) is 7.38. The van der Waals surface area contributed by atoms with Gasteiger partial charge in [-0.15, -0.1) is 0 Å². The third kappa shape index (κ3) is 2.64. The summed E-state index contributed by atoms with van der Waals surface area (Å²) in [6.45, 7) is 2.76. The first-order valence-electron chi connectivity index (χ1n) is 4.31. The van der Waals surface area contributed by atoms with Crippen molar-refractivity contribution in [3.8, 4) is 0 Å². The summed E-state index contributed by atoms with van der Waals surface area (Å²) < 4.78 is 0. The molecule has 0 aliphatic heterocycles. The van der Waals surface area contributed by atoms with Crippen LogP contribution in [0.15, 0.2) is 24.3 Å². The van der Waals surface area contributed by atoms with Gasteiger partial charge in [-0.25, -0.2) is 5.48 Å². The average Bonchev–Trinajstić information content (AvgIpc) is 2.15. The number of hydrogen-bond donors (Lipinski definition) is 2. The summed E-state index contributed by atoms with van der Waals surface area (Å²) in [6.07, 6.45) is 1.96. The van der Waals surface area contributed by atoms with Crippen LogP contribution >= 0.6 is 0 Å². The molecule has 1 rings (SSSR count). The van der Waals surface area contributed by atoms with Gasteiger partial charge in [0, 0.05) is 6.54 Å². The molecule has 0 fully saturated rings. The molecular weight excluding hydrogens is 150 g/mol. The van der Waals surface area contributed by atoms with Gasteiger partial charge in [0.2, 0.25) is 0 Å². The molecule has 2 N–H and O–H groups in total. The van der Waals surface area contributed by atoms with Crippen LogP contribution in [-0.2, 0) is 12.8 Å². The second-order valence-corrected chi connectivity index (χ2v) is 2.83. The summed E-state index contributed by atoms with van der Waals surface area (Å²) >= 11 is 0. The highest BCUT2D eigenvalue weighted by molar-refractivity contribution is 5.22. The molecule has 0 heterocycles. The monoisotopic (exact) mass is 165 g/mol. The van der Waals surface area contributed by atoms with Crippen molar-refractivity contribution in [2.45, 2.75) is 19.8 Å². The molecule has 0 aliphatic rings. The van der Waals surface area contributed by atoms with Gasteiger partial charge in [-0.05, 0) is 24.0 Å². The Kier molecular flexibility index (Phi) is 3.77. The maximum Gasteiger partial charge on any atom is 0.0247 e. The van der Waals surface area contributed by atoms with E-state index in [4.69, 9.17) is 5.21 Å². The highest BCUT2D eigenvalue weighted by atomic mass is 16.5. The Hall–Kier alpha value is -0.860. The highest BCUT2D eigenvalue weighted by Gasteiger charge is 1.92. The van der Waals surface area contributed by atoms with Crippen LogP contribution in [0.25, 0.3) is 0 Å². The molecule has 0 saturated heterocycles. The van der Waals surface area contributed by atoms with Gasteiger partial charge in [0.1, 0.15) is 0 Å². The topological polar surface area (TPSA) is 32.3 Å². The minimum absolute atomic E-state index is 0.617. The summed E-state index contributed by atoms with van der Waals surface area (Å²) in [5.74, 6) is 0. The van der Waals surface area contributed by atoms with E-state index in [-0.39, 0.29) is 0 Å². The largest absolute Gasteiger partial charge is 0.317 e. The Bertz CT molecular complexity index is 218. The van der Waals surface area contributed by atoms with Gasteiger partial charge in [0.25, 0.3) is 0 Å². The number of benzene rings is 1. The molecule has 0 bridgehead atoms. The molecule has 12 heavy (non-hydrogen) atoms. The van der Waals surface area contributed by atoms with Crippen LogP contribution in [0.3, 0.4) is 0 Å². The minimum atomic E-state index is 0.617. The van der Waals surface area contributed by atoms with Crippen molar-refractivity contribution in [3.63, 3.8) is 0 Å².